The lowest BCUT2D eigenvalue weighted by Crippen LogP contribution is -2.74. The van der Waals surface area contributed by atoms with Crippen molar-refractivity contribution in [2.24, 2.45) is 22.7 Å². The molecule has 1 aromatic rings. The van der Waals surface area contributed by atoms with Crippen LogP contribution in [0, 0.1) is 22.7 Å². The molecule has 1 aromatic heterocycles. The summed E-state index contributed by atoms with van der Waals surface area (Å²) >= 11 is 0. The number of fused-ring (bicyclic) bond motifs is 4. The van der Waals surface area contributed by atoms with E-state index in [2.05, 4.69) is 0 Å². The molecule has 0 aliphatic heterocycles. The van der Waals surface area contributed by atoms with Gasteiger partial charge in [0.25, 0.3) is 0 Å². The van der Waals surface area contributed by atoms with Crippen LogP contribution in [0.5, 0.6) is 0 Å². The van der Waals surface area contributed by atoms with Gasteiger partial charge in [0.1, 0.15) is 11.9 Å². The molecule has 30 heavy (non-hydrogen) atoms. The van der Waals surface area contributed by atoms with Crippen molar-refractivity contribution in [3.8, 4) is 0 Å². The molecule has 0 radical (unpaired) electrons. The van der Waals surface area contributed by atoms with Crippen LogP contribution in [0.25, 0.3) is 0 Å². The molecule has 1 heterocycles. The van der Waals surface area contributed by atoms with Gasteiger partial charge in [0.05, 0.1) is 31.0 Å². The van der Waals surface area contributed by atoms with Crippen molar-refractivity contribution in [1.29, 1.82) is 0 Å². The maximum absolute atomic E-state index is 12.9. The second-order valence-electron chi connectivity index (χ2n) is 10.1. The Balaban J connectivity index is 1.93. The van der Waals surface area contributed by atoms with Crippen molar-refractivity contribution in [2.75, 3.05) is 7.11 Å². The Bertz CT molecular complexity index is 857. The van der Waals surface area contributed by atoms with Gasteiger partial charge in [-0.2, -0.15) is 0 Å². The summed E-state index contributed by atoms with van der Waals surface area (Å²) in [6, 6.07) is 1.77. The summed E-state index contributed by atoms with van der Waals surface area (Å²) in [5.41, 5.74) is -1.97. The summed E-state index contributed by atoms with van der Waals surface area (Å²) in [6.45, 7) is 7.26. The quantitative estimate of drug-likeness (QED) is 0.708. The van der Waals surface area contributed by atoms with Crippen molar-refractivity contribution in [3.05, 3.63) is 23.7 Å². The zero-order valence-electron chi connectivity index (χ0n) is 18.3. The number of ether oxygens (including phenoxy) is 2. The minimum atomic E-state index is -1.29. The molecule has 0 aromatic carbocycles. The molecule has 0 spiro atoms. The van der Waals surface area contributed by atoms with Crippen LogP contribution in [-0.4, -0.2) is 47.1 Å². The molecule has 4 rings (SSSR count). The van der Waals surface area contributed by atoms with E-state index in [0.717, 1.165) is 5.56 Å². The fraction of sp³-hybridized carbons (Fsp3) is 0.739. The van der Waals surface area contributed by atoms with Crippen molar-refractivity contribution in [3.63, 3.8) is 0 Å². The maximum atomic E-state index is 12.9. The van der Waals surface area contributed by atoms with Crippen molar-refractivity contribution >= 4 is 11.9 Å². The van der Waals surface area contributed by atoms with Crippen molar-refractivity contribution < 1.29 is 33.7 Å². The van der Waals surface area contributed by atoms with Crippen LogP contribution in [-0.2, 0) is 25.5 Å². The van der Waals surface area contributed by atoms with Crippen LogP contribution < -0.4 is 0 Å². The van der Waals surface area contributed by atoms with Crippen molar-refractivity contribution in [2.45, 2.75) is 77.1 Å². The second kappa shape index (κ2) is 6.82. The summed E-state index contributed by atoms with van der Waals surface area (Å²) < 4.78 is 16.6. The van der Waals surface area contributed by atoms with Gasteiger partial charge < -0.3 is 24.1 Å². The molecule has 2 saturated carbocycles. The van der Waals surface area contributed by atoms with Crippen LogP contribution in [0.1, 0.15) is 64.2 Å². The fourth-order valence-electron chi connectivity index (χ4n) is 6.89. The number of furan rings is 1. The van der Waals surface area contributed by atoms with Gasteiger partial charge in [-0.1, -0.05) is 20.8 Å². The first kappa shape index (κ1) is 21.4. The first-order valence-corrected chi connectivity index (χ1v) is 10.7. The lowest BCUT2D eigenvalue weighted by atomic mass is 9.40. The highest BCUT2D eigenvalue weighted by molar-refractivity contribution is 5.79. The van der Waals surface area contributed by atoms with Gasteiger partial charge >= 0.3 is 11.9 Å². The Labute approximate surface area is 176 Å². The number of carbonyl (C=O) groups excluding carboxylic acids is 2. The van der Waals surface area contributed by atoms with E-state index < -0.39 is 52.4 Å². The summed E-state index contributed by atoms with van der Waals surface area (Å²) in [6.07, 6.45) is 1.93. The van der Waals surface area contributed by atoms with Crippen LogP contribution >= 0.6 is 0 Å². The van der Waals surface area contributed by atoms with Crippen LogP contribution in [0.15, 0.2) is 16.7 Å². The van der Waals surface area contributed by atoms with Gasteiger partial charge in [0, 0.05) is 36.7 Å². The Kier molecular flexibility index (Phi) is 4.86. The predicted molar refractivity (Wildman–Crippen MR) is 106 cm³/mol. The highest BCUT2D eigenvalue weighted by Gasteiger charge is 2.72. The molecule has 0 saturated heterocycles. The molecular formula is C23H32O7. The van der Waals surface area contributed by atoms with Gasteiger partial charge in [-0.25, -0.2) is 0 Å². The Morgan fingerprint density at radius 1 is 1.27 bits per heavy atom. The molecule has 3 aliphatic rings. The number of aliphatic hydroxyl groups excluding tert-OH is 1. The number of aliphatic hydroxyl groups is 2. The third kappa shape index (κ3) is 2.64. The summed E-state index contributed by atoms with van der Waals surface area (Å²) in [4.78, 5) is 24.9. The molecule has 2 fully saturated rings. The van der Waals surface area contributed by atoms with E-state index >= 15 is 0 Å². The number of rotatable bonds is 2. The third-order valence-electron chi connectivity index (χ3n) is 8.58. The smallest absolute Gasteiger partial charge is 0.313 e. The Morgan fingerprint density at radius 3 is 2.60 bits per heavy atom. The van der Waals surface area contributed by atoms with E-state index in [9.17, 15) is 19.8 Å². The van der Waals surface area contributed by atoms with Gasteiger partial charge in [-0.05, 0) is 30.2 Å². The number of methoxy groups -OCH3 is 1. The molecule has 3 unspecified atom stereocenters. The lowest BCUT2D eigenvalue weighted by Gasteiger charge is -2.68. The average molecular weight is 421 g/mol. The van der Waals surface area contributed by atoms with Gasteiger partial charge in [-0.15, -0.1) is 0 Å². The monoisotopic (exact) mass is 420 g/mol. The number of esters is 2. The lowest BCUT2D eigenvalue weighted by molar-refractivity contribution is -0.296. The van der Waals surface area contributed by atoms with Crippen LogP contribution in [0.2, 0.25) is 0 Å². The molecule has 3 aliphatic carbocycles. The van der Waals surface area contributed by atoms with E-state index in [4.69, 9.17) is 13.9 Å². The Hall–Kier alpha value is -1.86. The maximum Gasteiger partial charge on any atom is 0.313 e. The summed E-state index contributed by atoms with van der Waals surface area (Å²) in [7, 11) is 1.34. The standard InChI is InChI=1S/C23H32O7/c1-12(24)30-16-11-23(27)21(2,3)8-6-17(25)22(23,4)14-10-15-13(7-9-29-15)18(19(14)16)20(26)28-5/h7,9,14,16-19,25,27H,6,8,10-11H2,1-5H3/t14-,16?,17?,18?,19-,22-,23+/m0/s1. The summed E-state index contributed by atoms with van der Waals surface area (Å²) in [5, 5.41) is 23.4. The Morgan fingerprint density at radius 2 is 1.97 bits per heavy atom. The van der Waals surface area contributed by atoms with Gasteiger partial charge in [-0.3, -0.25) is 9.59 Å². The van der Waals surface area contributed by atoms with Crippen LogP contribution in [0.3, 0.4) is 0 Å². The molecule has 2 N–H and O–H groups in total. The molecule has 7 atom stereocenters. The van der Waals surface area contributed by atoms with E-state index in [0.29, 0.717) is 25.0 Å². The van der Waals surface area contributed by atoms with Crippen LogP contribution in [0.4, 0.5) is 0 Å². The minimum absolute atomic E-state index is 0.162. The van der Waals surface area contributed by atoms with E-state index in [-0.39, 0.29) is 12.3 Å². The second-order valence-corrected chi connectivity index (χ2v) is 10.1. The molecule has 7 nitrogen and oxygen atoms in total. The number of hydrogen-bond donors (Lipinski definition) is 2. The highest BCUT2D eigenvalue weighted by Crippen LogP contribution is 2.67. The first-order valence-electron chi connectivity index (χ1n) is 10.7. The number of carbonyl (C=O) groups is 2. The minimum Gasteiger partial charge on any atom is -0.469 e. The van der Waals surface area contributed by atoms with E-state index in [1.807, 2.05) is 20.8 Å². The largest absolute Gasteiger partial charge is 0.469 e. The number of hydrogen-bond acceptors (Lipinski definition) is 7. The van der Waals surface area contributed by atoms with Gasteiger partial charge in [0.2, 0.25) is 0 Å². The third-order valence-corrected chi connectivity index (χ3v) is 8.58. The first-order chi connectivity index (χ1) is 14.0. The zero-order chi connectivity index (χ0) is 22.1. The average Bonchev–Trinajstić information content (AvgIpc) is 3.14. The SMILES string of the molecule is COC(=O)C1c2ccoc2C[C@H]2[C@H]1C(OC(C)=O)C[C@@]1(O)C(C)(C)CCC(O)[C@]21C. The normalized spacial score (nSPS) is 41.8. The molecular weight excluding hydrogens is 388 g/mol. The molecule has 7 heteroatoms. The zero-order valence-corrected chi connectivity index (χ0v) is 18.3. The van der Waals surface area contributed by atoms with E-state index in [1.54, 1.807) is 12.3 Å². The highest BCUT2D eigenvalue weighted by atomic mass is 16.5. The van der Waals surface area contributed by atoms with Gasteiger partial charge in [0.15, 0.2) is 0 Å². The van der Waals surface area contributed by atoms with Crippen molar-refractivity contribution in [1.82, 2.24) is 0 Å². The fourth-order valence-corrected chi connectivity index (χ4v) is 6.89. The molecule has 0 bridgehead atoms. The van der Waals surface area contributed by atoms with E-state index in [1.165, 1.54) is 14.0 Å². The predicted octanol–water partition coefficient (Wildman–Crippen LogP) is 2.58. The molecule has 166 valence electrons. The molecule has 0 amide bonds. The topological polar surface area (TPSA) is 106 Å². The summed E-state index contributed by atoms with van der Waals surface area (Å²) in [5.74, 6) is -1.68.